The molecular weight excluding hydrogens is 584 g/mol. The van der Waals surface area contributed by atoms with Crippen LogP contribution in [-0.4, -0.2) is 27.7 Å². The van der Waals surface area contributed by atoms with Gasteiger partial charge in [-0.3, -0.25) is 4.57 Å². The van der Waals surface area contributed by atoms with Crippen LogP contribution in [0, 0.1) is 0 Å². The minimum absolute atomic E-state index is 0.225. The quantitative estimate of drug-likeness (QED) is 0.213. The Morgan fingerprint density at radius 1 is 0.750 bits per heavy atom. The average Bonchev–Trinajstić information content (AvgIpc) is 3.30. The summed E-state index contributed by atoms with van der Waals surface area (Å²) in [4.78, 5) is 16.6. The zero-order chi connectivity index (χ0) is 25.2. The number of imidazole rings is 1. The van der Waals surface area contributed by atoms with Crippen molar-refractivity contribution in [3.63, 3.8) is 0 Å². The van der Waals surface area contributed by atoms with E-state index in [1.807, 2.05) is 84.9 Å². The first-order valence-electron chi connectivity index (χ1n) is 11.1. The van der Waals surface area contributed by atoms with E-state index in [-0.39, 0.29) is 5.56 Å². The molecule has 5 aromatic rings. The van der Waals surface area contributed by atoms with Gasteiger partial charge in [0.05, 0.1) is 24.1 Å². The topological polar surface area (TPSA) is 64.4 Å². The number of carbonyl (C=O) groups is 1. The molecule has 4 aromatic carbocycles. The Morgan fingerprint density at radius 2 is 1.28 bits per heavy atom. The van der Waals surface area contributed by atoms with Crippen molar-refractivity contribution in [2.24, 2.45) is 0 Å². The first-order chi connectivity index (χ1) is 17.4. The molecule has 36 heavy (non-hydrogen) atoms. The number of carboxylic acid groups (broad SMARTS) is 1. The molecule has 0 aliphatic carbocycles. The standard InChI is InChI=1S/C29H20Br2N2O3/c1-36-25-16-8-20(9-17-25)28-32-26(18-2-10-22(30)11-3-18)27(19-4-12-23(31)13-5-19)33(28)24-14-6-21(7-15-24)29(34)35/h2-17H,1H3,(H,34,35). The van der Waals surface area contributed by atoms with Gasteiger partial charge in [0.2, 0.25) is 0 Å². The Kier molecular flexibility index (Phi) is 6.76. The van der Waals surface area contributed by atoms with Crippen molar-refractivity contribution >= 4 is 37.8 Å². The lowest BCUT2D eigenvalue weighted by atomic mass is 10.0. The molecule has 1 heterocycles. The number of ether oxygens (including phenoxy) is 1. The number of hydrogen-bond donors (Lipinski definition) is 1. The second kappa shape index (κ2) is 10.1. The highest BCUT2D eigenvalue weighted by molar-refractivity contribution is 9.10. The van der Waals surface area contributed by atoms with Gasteiger partial charge in [-0.2, -0.15) is 0 Å². The Balaban J connectivity index is 1.83. The van der Waals surface area contributed by atoms with Crippen LogP contribution >= 0.6 is 31.9 Å². The number of halogens is 2. The second-order valence-electron chi connectivity index (χ2n) is 8.06. The van der Waals surface area contributed by atoms with E-state index in [0.717, 1.165) is 54.3 Å². The number of nitrogens with zero attached hydrogens (tertiary/aromatic N) is 2. The van der Waals surface area contributed by atoms with Crippen LogP contribution in [0.1, 0.15) is 10.4 Å². The second-order valence-corrected chi connectivity index (χ2v) is 9.89. The third-order valence-electron chi connectivity index (χ3n) is 5.83. The molecule has 0 amide bonds. The lowest BCUT2D eigenvalue weighted by molar-refractivity contribution is 0.0697. The highest BCUT2D eigenvalue weighted by atomic mass is 79.9. The van der Waals surface area contributed by atoms with Gasteiger partial charge in [0.25, 0.3) is 0 Å². The number of methoxy groups -OCH3 is 1. The van der Waals surface area contributed by atoms with Crippen LogP contribution in [0.25, 0.3) is 39.6 Å². The summed E-state index contributed by atoms with van der Waals surface area (Å²) in [5.41, 5.74) is 5.59. The van der Waals surface area contributed by atoms with Gasteiger partial charge in [-0.1, -0.05) is 56.1 Å². The molecule has 0 aliphatic heterocycles. The van der Waals surface area contributed by atoms with Gasteiger partial charge < -0.3 is 9.84 Å². The van der Waals surface area contributed by atoms with Crippen molar-refractivity contribution in [1.82, 2.24) is 9.55 Å². The third kappa shape index (κ3) is 4.72. The van der Waals surface area contributed by atoms with E-state index in [1.165, 1.54) is 0 Å². The lowest BCUT2D eigenvalue weighted by Gasteiger charge is -2.14. The molecule has 1 aromatic heterocycles. The molecule has 178 valence electrons. The maximum Gasteiger partial charge on any atom is 0.335 e. The predicted molar refractivity (Wildman–Crippen MR) is 149 cm³/mol. The van der Waals surface area contributed by atoms with Gasteiger partial charge in [0.1, 0.15) is 11.6 Å². The number of hydrogen-bond acceptors (Lipinski definition) is 3. The first kappa shape index (κ1) is 24.0. The summed E-state index contributed by atoms with van der Waals surface area (Å²) in [6.45, 7) is 0. The predicted octanol–water partition coefficient (Wildman–Crippen LogP) is 8.11. The monoisotopic (exact) mass is 602 g/mol. The third-order valence-corrected chi connectivity index (χ3v) is 6.89. The van der Waals surface area contributed by atoms with Gasteiger partial charge >= 0.3 is 5.97 Å². The van der Waals surface area contributed by atoms with Gasteiger partial charge in [-0.15, -0.1) is 0 Å². The van der Waals surface area contributed by atoms with Gasteiger partial charge in [-0.05, 0) is 72.8 Å². The van der Waals surface area contributed by atoms with Crippen LogP contribution in [0.4, 0.5) is 0 Å². The molecule has 0 unspecified atom stereocenters. The van der Waals surface area contributed by atoms with Gasteiger partial charge in [-0.25, -0.2) is 9.78 Å². The molecule has 0 spiro atoms. The molecule has 1 N–H and O–H groups in total. The molecule has 7 heteroatoms. The molecule has 0 fully saturated rings. The highest BCUT2D eigenvalue weighted by Crippen LogP contribution is 2.39. The van der Waals surface area contributed by atoms with Crippen molar-refractivity contribution in [2.45, 2.75) is 0 Å². The molecular formula is C29H20Br2N2O3. The fourth-order valence-electron chi connectivity index (χ4n) is 4.04. The number of aromatic nitrogens is 2. The van der Waals surface area contributed by atoms with Crippen molar-refractivity contribution in [3.05, 3.63) is 112 Å². The van der Waals surface area contributed by atoms with E-state index in [0.29, 0.717) is 0 Å². The van der Waals surface area contributed by atoms with E-state index >= 15 is 0 Å². The summed E-state index contributed by atoms with van der Waals surface area (Å²) in [6.07, 6.45) is 0. The van der Waals surface area contributed by atoms with E-state index in [9.17, 15) is 9.90 Å². The van der Waals surface area contributed by atoms with Crippen LogP contribution < -0.4 is 4.74 Å². The number of aromatic carboxylic acids is 1. The lowest BCUT2D eigenvalue weighted by Crippen LogP contribution is -2.02. The fourth-order valence-corrected chi connectivity index (χ4v) is 4.57. The van der Waals surface area contributed by atoms with E-state index in [4.69, 9.17) is 9.72 Å². The SMILES string of the molecule is COc1ccc(-c2nc(-c3ccc(Br)cc3)c(-c3ccc(Br)cc3)n2-c2ccc(C(=O)O)cc2)cc1. The summed E-state index contributed by atoms with van der Waals surface area (Å²) in [6, 6.07) is 30.7. The van der Waals surface area contributed by atoms with E-state index in [2.05, 4.69) is 36.4 Å². The summed E-state index contributed by atoms with van der Waals surface area (Å²) in [5.74, 6) is 0.520. The normalized spacial score (nSPS) is 10.9. The number of carboxylic acids is 1. The molecule has 0 saturated carbocycles. The van der Waals surface area contributed by atoms with Gasteiger partial charge in [0, 0.05) is 31.3 Å². The van der Waals surface area contributed by atoms with Crippen molar-refractivity contribution in [1.29, 1.82) is 0 Å². The molecule has 0 saturated heterocycles. The Hall–Kier alpha value is -3.68. The molecule has 5 nitrogen and oxygen atoms in total. The summed E-state index contributed by atoms with van der Waals surface area (Å²) in [7, 11) is 1.64. The Morgan fingerprint density at radius 3 is 1.81 bits per heavy atom. The highest BCUT2D eigenvalue weighted by Gasteiger charge is 2.23. The minimum atomic E-state index is -0.966. The maximum atomic E-state index is 11.5. The van der Waals surface area contributed by atoms with Crippen LogP contribution in [0.3, 0.4) is 0 Å². The molecule has 5 rings (SSSR count). The minimum Gasteiger partial charge on any atom is -0.497 e. The summed E-state index contributed by atoms with van der Waals surface area (Å²) in [5, 5.41) is 9.42. The van der Waals surface area contributed by atoms with Gasteiger partial charge in [0.15, 0.2) is 0 Å². The summed E-state index contributed by atoms with van der Waals surface area (Å²) >= 11 is 7.06. The molecule has 0 radical (unpaired) electrons. The van der Waals surface area contributed by atoms with E-state index < -0.39 is 5.97 Å². The fraction of sp³-hybridized carbons (Fsp3) is 0.0345. The van der Waals surface area contributed by atoms with E-state index in [1.54, 1.807) is 19.2 Å². The zero-order valence-electron chi connectivity index (χ0n) is 19.2. The number of rotatable bonds is 6. The Labute approximate surface area is 225 Å². The molecule has 0 atom stereocenters. The Bertz CT molecular complexity index is 1520. The largest absolute Gasteiger partial charge is 0.497 e. The average molecular weight is 604 g/mol. The zero-order valence-corrected chi connectivity index (χ0v) is 22.3. The van der Waals surface area contributed by atoms with Crippen molar-refractivity contribution in [2.75, 3.05) is 7.11 Å². The first-order valence-corrected chi connectivity index (χ1v) is 12.7. The smallest absolute Gasteiger partial charge is 0.335 e. The molecule has 0 bridgehead atoms. The van der Waals surface area contributed by atoms with Crippen LogP contribution in [0.2, 0.25) is 0 Å². The maximum absolute atomic E-state index is 11.5. The van der Waals surface area contributed by atoms with Crippen molar-refractivity contribution in [3.8, 4) is 45.3 Å². The van der Waals surface area contributed by atoms with Crippen LogP contribution in [0.15, 0.2) is 106 Å². The van der Waals surface area contributed by atoms with Crippen LogP contribution in [0.5, 0.6) is 5.75 Å². The summed E-state index contributed by atoms with van der Waals surface area (Å²) < 4.78 is 9.39. The van der Waals surface area contributed by atoms with Crippen molar-refractivity contribution < 1.29 is 14.6 Å². The number of benzene rings is 4. The molecule has 0 aliphatic rings. The van der Waals surface area contributed by atoms with Crippen LogP contribution in [-0.2, 0) is 0 Å².